The molecule has 0 spiro atoms. The van der Waals surface area contributed by atoms with Gasteiger partial charge >= 0.3 is 12.6 Å². The molecule has 4 saturated carbocycles. The monoisotopic (exact) mass is 471 g/mol. The number of halogens is 2. The van der Waals surface area contributed by atoms with E-state index in [2.05, 4.69) is 4.74 Å². The van der Waals surface area contributed by atoms with Crippen LogP contribution in [-0.2, 0) is 9.53 Å². The highest BCUT2D eigenvalue weighted by atomic mass is 19.3. The van der Waals surface area contributed by atoms with E-state index >= 15 is 0 Å². The lowest BCUT2D eigenvalue weighted by molar-refractivity contribution is -0.174. The molecule has 0 radical (unpaired) electrons. The molecule has 0 saturated heterocycles. The van der Waals surface area contributed by atoms with Crippen molar-refractivity contribution in [2.24, 2.45) is 23.2 Å². The summed E-state index contributed by atoms with van der Waals surface area (Å²) in [5, 5.41) is 0. The summed E-state index contributed by atoms with van der Waals surface area (Å²) < 4.78 is 37.0. The van der Waals surface area contributed by atoms with Gasteiger partial charge in [0.2, 0.25) is 5.78 Å². The zero-order valence-electron chi connectivity index (χ0n) is 19.9. The van der Waals surface area contributed by atoms with Gasteiger partial charge in [0.1, 0.15) is 5.75 Å². The van der Waals surface area contributed by atoms with Gasteiger partial charge in [0, 0.05) is 22.6 Å². The normalized spacial score (nSPS) is 28.2. The molecule has 4 aliphatic carbocycles. The van der Waals surface area contributed by atoms with Gasteiger partial charge in [-0.25, -0.2) is 0 Å². The summed E-state index contributed by atoms with van der Waals surface area (Å²) in [7, 11) is 0. The zero-order chi connectivity index (χ0) is 24.2. The molecular weight excluding hydrogens is 440 g/mol. The highest BCUT2D eigenvalue weighted by molar-refractivity contribution is 6.01. The Balaban J connectivity index is 1.31. The highest BCUT2D eigenvalue weighted by Crippen LogP contribution is 2.60. The molecule has 2 aromatic rings. The number of ether oxygens (including phenoxy) is 2. The Morgan fingerprint density at radius 2 is 1.56 bits per heavy atom. The lowest BCUT2D eigenvalue weighted by Gasteiger charge is -2.55. The van der Waals surface area contributed by atoms with Gasteiger partial charge in [0.15, 0.2) is 6.10 Å². The largest absolute Gasteiger partial charge is 0.454 e. The molecule has 1 heterocycles. The molecular formula is C27H31F2NO4. The van der Waals surface area contributed by atoms with Crippen molar-refractivity contribution in [2.45, 2.75) is 72.0 Å². The van der Waals surface area contributed by atoms with Gasteiger partial charge in [-0.05, 0) is 107 Å². The third kappa shape index (κ3) is 4.03. The third-order valence-electron chi connectivity index (χ3n) is 8.14. The van der Waals surface area contributed by atoms with Crippen LogP contribution >= 0.6 is 0 Å². The van der Waals surface area contributed by atoms with E-state index in [1.165, 1.54) is 31.4 Å². The number of nitrogens with zero attached hydrogens (tertiary/aromatic N) is 1. The quantitative estimate of drug-likeness (QED) is 0.366. The Kier molecular flexibility index (Phi) is 5.77. The number of benzene rings is 1. The first kappa shape index (κ1) is 23.1. The second-order valence-corrected chi connectivity index (χ2v) is 10.6. The van der Waals surface area contributed by atoms with E-state index in [0.717, 1.165) is 30.6 Å². The predicted octanol–water partition coefficient (Wildman–Crippen LogP) is 6.03. The van der Waals surface area contributed by atoms with E-state index in [9.17, 15) is 18.4 Å². The first-order valence-corrected chi connectivity index (χ1v) is 12.1. The number of hydrogen-bond donors (Lipinski definition) is 0. The molecule has 5 nitrogen and oxygen atoms in total. The van der Waals surface area contributed by atoms with Crippen molar-refractivity contribution in [3.8, 4) is 11.4 Å². The number of rotatable bonds is 7. The second-order valence-electron chi connectivity index (χ2n) is 10.6. The maximum atomic E-state index is 13.3. The van der Waals surface area contributed by atoms with Gasteiger partial charge in [0.05, 0.1) is 5.41 Å². The van der Waals surface area contributed by atoms with Gasteiger partial charge in [0.25, 0.3) is 0 Å². The number of carbonyl (C=O) groups excluding carboxylic acids is 2. The fourth-order valence-electron chi connectivity index (χ4n) is 7.10. The minimum Gasteiger partial charge on any atom is -0.454 e. The van der Waals surface area contributed by atoms with Gasteiger partial charge in [-0.3, -0.25) is 9.59 Å². The molecule has 0 N–H and O–H groups in total. The number of Topliss-reactive ketones (excluding diaryl/α,β-unsaturated/α-hetero) is 1. The Morgan fingerprint density at radius 3 is 2.09 bits per heavy atom. The van der Waals surface area contributed by atoms with Crippen molar-refractivity contribution < 1.29 is 27.8 Å². The van der Waals surface area contributed by atoms with E-state index in [0.29, 0.717) is 29.0 Å². The van der Waals surface area contributed by atoms with Crippen LogP contribution in [0.1, 0.15) is 67.2 Å². The molecule has 6 rings (SSSR count). The van der Waals surface area contributed by atoms with Crippen molar-refractivity contribution in [3.63, 3.8) is 0 Å². The molecule has 4 fully saturated rings. The maximum absolute atomic E-state index is 13.3. The minimum atomic E-state index is -2.88. The lowest BCUT2D eigenvalue weighted by Crippen LogP contribution is -2.51. The van der Waals surface area contributed by atoms with Crippen LogP contribution in [0, 0.1) is 37.0 Å². The minimum absolute atomic E-state index is 0.0720. The summed E-state index contributed by atoms with van der Waals surface area (Å²) in [5.74, 6) is 1.53. The van der Waals surface area contributed by atoms with E-state index in [1.807, 2.05) is 18.4 Å². The van der Waals surface area contributed by atoms with Crippen LogP contribution in [0.3, 0.4) is 0 Å². The number of aromatic nitrogens is 1. The van der Waals surface area contributed by atoms with E-state index < -0.39 is 18.1 Å². The number of hydrogen-bond acceptors (Lipinski definition) is 4. The number of esters is 1. The van der Waals surface area contributed by atoms with Crippen molar-refractivity contribution >= 4 is 11.8 Å². The molecule has 1 atom stereocenters. The fraction of sp³-hybridized carbons (Fsp3) is 0.556. The van der Waals surface area contributed by atoms with E-state index in [-0.39, 0.29) is 17.5 Å². The number of alkyl halides is 2. The summed E-state index contributed by atoms with van der Waals surface area (Å²) in [6, 6.07) is 8.07. The zero-order valence-corrected chi connectivity index (χ0v) is 19.9. The van der Waals surface area contributed by atoms with Crippen molar-refractivity contribution in [1.29, 1.82) is 0 Å². The maximum Gasteiger partial charge on any atom is 0.387 e. The molecule has 7 heteroatoms. The topological polar surface area (TPSA) is 57.5 Å². The smallest absolute Gasteiger partial charge is 0.387 e. The number of carbonyl (C=O) groups is 2. The van der Waals surface area contributed by atoms with E-state index in [4.69, 9.17) is 4.74 Å². The van der Waals surface area contributed by atoms with Crippen LogP contribution in [0.4, 0.5) is 8.78 Å². The van der Waals surface area contributed by atoms with Gasteiger partial charge in [-0.15, -0.1) is 0 Å². The van der Waals surface area contributed by atoms with Crippen LogP contribution in [0.25, 0.3) is 5.69 Å². The number of ketones is 1. The van der Waals surface area contributed by atoms with Crippen LogP contribution in [0.5, 0.6) is 5.75 Å². The summed E-state index contributed by atoms with van der Waals surface area (Å²) in [4.78, 5) is 26.6. The average molecular weight is 472 g/mol. The SMILES string of the molecule is Cc1cc(C(=O)C(C)OC(=O)C23CC4CC(CC(C4)C2)C3)c(C)n1-c1ccc(OC(F)F)cc1. The van der Waals surface area contributed by atoms with E-state index in [1.54, 1.807) is 25.1 Å². The summed E-state index contributed by atoms with van der Waals surface area (Å²) in [6.07, 6.45) is 5.55. The molecule has 34 heavy (non-hydrogen) atoms. The van der Waals surface area contributed by atoms with Gasteiger partial charge in [-0.1, -0.05) is 0 Å². The molecule has 1 aromatic carbocycles. The fourth-order valence-corrected chi connectivity index (χ4v) is 7.10. The lowest BCUT2D eigenvalue weighted by atomic mass is 9.49. The Bertz CT molecular complexity index is 1070. The van der Waals surface area contributed by atoms with Crippen LogP contribution in [0.2, 0.25) is 0 Å². The van der Waals surface area contributed by atoms with Crippen LogP contribution in [-0.4, -0.2) is 29.0 Å². The van der Waals surface area contributed by atoms with Crippen LogP contribution < -0.4 is 4.74 Å². The predicted molar refractivity (Wildman–Crippen MR) is 122 cm³/mol. The van der Waals surface area contributed by atoms with Crippen LogP contribution in [0.15, 0.2) is 30.3 Å². The second kappa shape index (κ2) is 8.51. The summed E-state index contributed by atoms with van der Waals surface area (Å²) in [5.41, 5.74) is 2.36. The molecule has 4 aliphatic rings. The van der Waals surface area contributed by atoms with Gasteiger partial charge < -0.3 is 14.0 Å². The first-order valence-electron chi connectivity index (χ1n) is 12.1. The summed E-state index contributed by atoms with van der Waals surface area (Å²) in [6.45, 7) is 2.48. The molecule has 4 bridgehead atoms. The highest BCUT2D eigenvalue weighted by Gasteiger charge is 2.55. The Hall–Kier alpha value is -2.70. The van der Waals surface area contributed by atoms with Crippen molar-refractivity contribution in [3.05, 3.63) is 47.3 Å². The molecule has 1 aromatic heterocycles. The first-order chi connectivity index (χ1) is 16.1. The third-order valence-corrected chi connectivity index (χ3v) is 8.14. The molecule has 182 valence electrons. The Morgan fingerprint density at radius 1 is 1.00 bits per heavy atom. The van der Waals surface area contributed by atoms with Gasteiger partial charge in [-0.2, -0.15) is 8.78 Å². The standard InChI is InChI=1S/C27H31F2NO4/c1-15-8-23(16(2)30(15)21-4-6-22(7-5-21)34-26(28)29)24(31)17(3)33-25(32)27-12-18-9-19(13-27)11-20(10-18)14-27/h4-8,17-20,26H,9-14H2,1-3H3. The Labute approximate surface area is 198 Å². The summed E-state index contributed by atoms with van der Waals surface area (Å²) >= 11 is 0. The number of aryl methyl sites for hydroxylation is 1. The van der Waals surface area contributed by atoms with Crippen molar-refractivity contribution in [1.82, 2.24) is 4.57 Å². The van der Waals surface area contributed by atoms with Crippen molar-refractivity contribution in [2.75, 3.05) is 0 Å². The molecule has 0 amide bonds. The average Bonchev–Trinajstić information content (AvgIpc) is 3.06. The molecule has 1 unspecified atom stereocenters. The molecule has 0 aliphatic heterocycles.